The number of hydrogen-bond donors (Lipinski definition) is 0. The second-order valence-corrected chi connectivity index (χ2v) is 11.0. The highest BCUT2D eigenvalue weighted by atomic mass is 16.9. The van der Waals surface area contributed by atoms with Crippen LogP contribution in [-0.4, -0.2) is 16.4 Å². The summed E-state index contributed by atoms with van der Waals surface area (Å²) in [4.78, 5) is 6.09. The monoisotopic (exact) mass is 400 g/mol. The summed E-state index contributed by atoms with van der Waals surface area (Å²) < 4.78 is 0. The maximum absolute atomic E-state index is 13.4. The van der Waals surface area contributed by atoms with Crippen LogP contribution in [0.1, 0.15) is 116 Å². The molecule has 0 saturated heterocycles. The van der Waals surface area contributed by atoms with E-state index in [0.29, 0.717) is 11.8 Å². The highest BCUT2D eigenvalue weighted by Gasteiger charge is 2.53. The van der Waals surface area contributed by atoms with Crippen molar-refractivity contribution in [1.29, 1.82) is 0 Å². The van der Waals surface area contributed by atoms with Crippen molar-refractivity contribution in [3.63, 3.8) is 0 Å². The van der Waals surface area contributed by atoms with Crippen molar-refractivity contribution >= 4 is 0 Å². The Morgan fingerprint density at radius 1 is 1.24 bits per heavy atom. The molecule has 3 unspecified atom stereocenters. The number of hydroxylamine groups is 2. The zero-order chi connectivity index (χ0) is 21.4. The van der Waals surface area contributed by atoms with Crippen molar-refractivity contribution < 1.29 is 4.84 Å². The first kappa shape index (κ1) is 22.8. The lowest BCUT2D eigenvalue weighted by Crippen LogP contribution is -2.60. The Labute approximate surface area is 178 Å². The smallest absolute Gasteiger partial charge is 0.0832 e. The Kier molecular flexibility index (Phi) is 6.54. The highest BCUT2D eigenvalue weighted by Crippen LogP contribution is 2.55. The van der Waals surface area contributed by atoms with Gasteiger partial charge in [0.25, 0.3) is 0 Å². The molecule has 164 valence electrons. The van der Waals surface area contributed by atoms with E-state index in [0.717, 1.165) is 56.6 Å². The van der Waals surface area contributed by atoms with E-state index in [1.165, 1.54) is 16.7 Å². The Bertz CT molecular complexity index is 713. The minimum absolute atomic E-state index is 0.0513. The molecule has 2 aliphatic rings. The van der Waals surface area contributed by atoms with Gasteiger partial charge in [-0.05, 0) is 86.8 Å². The van der Waals surface area contributed by atoms with Gasteiger partial charge in [-0.15, -0.1) is 0 Å². The van der Waals surface area contributed by atoms with Gasteiger partial charge in [0.2, 0.25) is 0 Å². The predicted octanol–water partition coefficient (Wildman–Crippen LogP) is 7.27. The van der Waals surface area contributed by atoms with Crippen LogP contribution in [-0.2, 0) is 16.7 Å². The Morgan fingerprint density at radius 2 is 1.97 bits per heavy atom. The molecule has 0 heterocycles. The van der Waals surface area contributed by atoms with Crippen molar-refractivity contribution in [1.82, 2.24) is 5.23 Å². The van der Waals surface area contributed by atoms with E-state index < -0.39 is 11.1 Å². The summed E-state index contributed by atoms with van der Waals surface area (Å²) in [5.41, 5.74) is 3.58. The zero-order valence-corrected chi connectivity index (χ0v) is 19.8. The number of rotatable bonds is 7. The SMILES string of the molecule is CCCCC(C)(C)ON([O-])C1(C)CCCC2(C)c3ccc(C(C)C)cc3CCC21. The zero-order valence-electron chi connectivity index (χ0n) is 19.8. The third kappa shape index (κ3) is 4.29. The molecule has 0 spiro atoms. The maximum atomic E-state index is 13.4. The van der Waals surface area contributed by atoms with Gasteiger partial charge in [-0.3, -0.25) is 5.23 Å². The molecule has 0 N–H and O–H groups in total. The molecule has 1 saturated carbocycles. The molecule has 0 bridgehead atoms. The van der Waals surface area contributed by atoms with Crippen molar-refractivity contribution in [2.24, 2.45) is 5.92 Å². The lowest BCUT2D eigenvalue weighted by Gasteiger charge is -2.61. The average Bonchev–Trinajstić information content (AvgIpc) is 2.65. The van der Waals surface area contributed by atoms with Crippen LogP contribution in [0.15, 0.2) is 18.2 Å². The van der Waals surface area contributed by atoms with Crippen LogP contribution in [0.3, 0.4) is 0 Å². The first-order valence-electron chi connectivity index (χ1n) is 11.8. The first-order valence-corrected chi connectivity index (χ1v) is 11.8. The third-order valence-electron chi connectivity index (χ3n) is 7.89. The van der Waals surface area contributed by atoms with Crippen molar-refractivity contribution in [3.05, 3.63) is 40.1 Å². The van der Waals surface area contributed by atoms with Gasteiger partial charge in [0, 0.05) is 5.54 Å². The van der Waals surface area contributed by atoms with Gasteiger partial charge in [0.1, 0.15) is 0 Å². The maximum Gasteiger partial charge on any atom is 0.0832 e. The molecular weight excluding hydrogens is 358 g/mol. The fraction of sp³-hybridized carbons (Fsp3) is 0.769. The van der Waals surface area contributed by atoms with Gasteiger partial charge in [-0.1, -0.05) is 65.2 Å². The molecule has 3 rings (SSSR count). The summed E-state index contributed by atoms with van der Waals surface area (Å²) in [7, 11) is 0. The average molecular weight is 401 g/mol. The van der Waals surface area contributed by atoms with E-state index in [9.17, 15) is 5.21 Å². The van der Waals surface area contributed by atoms with Crippen molar-refractivity contribution in [3.8, 4) is 0 Å². The third-order valence-corrected chi connectivity index (χ3v) is 7.89. The predicted molar refractivity (Wildman–Crippen MR) is 122 cm³/mol. The molecule has 0 radical (unpaired) electrons. The Hall–Kier alpha value is -0.900. The number of unbranched alkanes of at least 4 members (excludes halogenated alkanes) is 1. The molecule has 2 aliphatic carbocycles. The lowest BCUT2D eigenvalue weighted by atomic mass is 9.52. The van der Waals surface area contributed by atoms with E-state index in [1.54, 1.807) is 0 Å². The quantitative estimate of drug-likeness (QED) is 0.451. The molecule has 1 aromatic carbocycles. The second-order valence-electron chi connectivity index (χ2n) is 11.0. The van der Waals surface area contributed by atoms with E-state index >= 15 is 0 Å². The molecule has 1 aromatic rings. The van der Waals surface area contributed by atoms with Crippen LogP contribution < -0.4 is 0 Å². The number of fused-ring (bicyclic) bond motifs is 3. The normalized spacial score (nSPS) is 29.8. The summed E-state index contributed by atoms with van der Waals surface area (Å²) in [5, 5.41) is 14.5. The van der Waals surface area contributed by atoms with Gasteiger partial charge in [-0.25, -0.2) is 0 Å². The Morgan fingerprint density at radius 3 is 2.62 bits per heavy atom. The van der Waals surface area contributed by atoms with Gasteiger partial charge >= 0.3 is 0 Å². The Balaban J connectivity index is 1.88. The summed E-state index contributed by atoms with van der Waals surface area (Å²) in [5.74, 6) is 0.874. The fourth-order valence-electron chi connectivity index (χ4n) is 6.03. The molecule has 0 aromatic heterocycles. The molecule has 3 heteroatoms. The summed E-state index contributed by atoms with van der Waals surface area (Å²) >= 11 is 0. The number of aryl methyl sites for hydroxylation is 1. The molecule has 0 aliphatic heterocycles. The van der Waals surface area contributed by atoms with Gasteiger partial charge < -0.3 is 10.0 Å². The van der Waals surface area contributed by atoms with Crippen LogP contribution in [0.25, 0.3) is 0 Å². The number of hydrogen-bond acceptors (Lipinski definition) is 3. The minimum atomic E-state index is -0.467. The van der Waals surface area contributed by atoms with E-state index in [4.69, 9.17) is 4.84 Å². The largest absolute Gasteiger partial charge is 0.762 e. The topological polar surface area (TPSA) is 35.5 Å². The number of nitrogens with zero attached hydrogens (tertiary/aromatic N) is 1. The minimum Gasteiger partial charge on any atom is -0.762 e. The summed E-state index contributed by atoms with van der Waals surface area (Å²) in [6.45, 7) is 15.4. The van der Waals surface area contributed by atoms with Crippen molar-refractivity contribution in [2.45, 2.75) is 122 Å². The van der Waals surface area contributed by atoms with Crippen LogP contribution in [0.2, 0.25) is 0 Å². The molecular formula is C26H42NO2-. The lowest BCUT2D eigenvalue weighted by molar-refractivity contribution is -0.275. The number of benzene rings is 1. The standard InChI is InChI=1S/C26H42NO2/c1-8-9-15-24(4,5)29-27(28)26(7)17-10-16-25(6)22-13-11-20(19(2)3)18-21(22)12-14-23(25)26/h11,13,18-19,23H,8-10,12,14-17H2,1-7H3/q-1. The molecule has 3 nitrogen and oxygen atoms in total. The molecule has 1 fully saturated rings. The molecule has 0 amide bonds. The van der Waals surface area contributed by atoms with Gasteiger partial charge in [0.15, 0.2) is 0 Å². The van der Waals surface area contributed by atoms with Crippen molar-refractivity contribution in [2.75, 3.05) is 0 Å². The van der Waals surface area contributed by atoms with Crippen LogP contribution >= 0.6 is 0 Å². The molecule has 29 heavy (non-hydrogen) atoms. The van der Waals surface area contributed by atoms with Crippen LogP contribution in [0.4, 0.5) is 0 Å². The van der Waals surface area contributed by atoms with Gasteiger partial charge in [0.05, 0.1) is 5.60 Å². The van der Waals surface area contributed by atoms with Crippen LogP contribution in [0.5, 0.6) is 0 Å². The summed E-state index contributed by atoms with van der Waals surface area (Å²) in [6.07, 6.45) is 8.42. The first-order chi connectivity index (χ1) is 13.5. The summed E-state index contributed by atoms with van der Waals surface area (Å²) in [6, 6.07) is 7.10. The highest BCUT2D eigenvalue weighted by molar-refractivity contribution is 5.42. The van der Waals surface area contributed by atoms with E-state index in [1.807, 2.05) is 0 Å². The second kappa shape index (κ2) is 8.32. The van der Waals surface area contributed by atoms with E-state index in [2.05, 4.69) is 66.7 Å². The van der Waals surface area contributed by atoms with Crippen LogP contribution in [0, 0.1) is 11.1 Å². The van der Waals surface area contributed by atoms with E-state index in [-0.39, 0.29) is 5.41 Å². The molecule has 3 atom stereocenters. The van der Waals surface area contributed by atoms with Gasteiger partial charge in [-0.2, -0.15) is 0 Å². The fourth-order valence-corrected chi connectivity index (χ4v) is 6.03.